The minimum Gasteiger partial charge on any atom is -0.508 e. The van der Waals surface area contributed by atoms with Crippen molar-refractivity contribution >= 4 is 17.5 Å². The number of phenolic OH excluding ortho intramolecular Hbond substituents is 1. The number of hydrogen-bond donors (Lipinski definition) is 3. The number of aromatic hydroxyl groups is 1. The van der Waals surface area contributed by atoms with E-state index in [1.54, 1.807) is 25.1 Å². The van der Waals surface area contributed by atoms with Crippen molar-refractivity contribution in [2.75, 3.05) is 12.8 Å². The lowest BCUT2D eigenvalue weighted by Crippen LogP contribution is -2.15. The molecule has 5 N–H and O–H groups in total. The number of allylic oxidation sites excluding steroid dienone is 1. The van der Waals surface area contributed by atoms with Crippen molar-refractivity contribution in [1.82, 2.24) is 9.78 Å². The molecule has 1 aromatic carbocycles. The molecule has 0 saturated heterocycles. The lowest BCUT2D eigenvalue weighted by Gasteiger charge is -2.12. The normalized spacial score (nSPS) is 11.6. The zero-order valence-corrected chi connectivity index (χ0v) is 14.3. The van der Waals surface area contributed by atoms with Gasteiger partial charge in [-0.15, -0.1) is 0 Å². The van der Waals surface area contributed by atoms with E-state index < -0.39 is 5.91 Å². The summed E-state index contributed by atoms with van der Waals surface area (Å²) in [5.41, 5.74) is 14.1. The number of methoxy groups -OCH3 is 1. The molecular formula is C17H22N4O3. The molecule has 24 heavy (non-hydrogen) atoms. The number of aryl methyl sites for hydroxylation is 1. The number of ether oxygens (including phenoxy) is 1. The van der Waals surface area contributed by atoms with E-state index in [9.17, 15) is 9.90 Å². The van der Waals surface area contributed by atoms with Crippen LogP contribution in [-0.4, -0.2) is 27.9 Å². The molecule has 1 amide bonds. The molecule has 2 rings (SSSR count). The SMILES string of the molecule is CC/C=C(\OC)c1nn(-c2c(C)ccc(O)c2C)c(N)c1C(N)=O. The predicted molar refractivity (Wildman–Crippen MR) is 92.9 cm³/mol. The average molecular weight is 330 g/mol. The fourth-order valence-corrected chi connectivity index (χ4v) is 2.63. The van der Waals surface area contributed by atoms with Crippen LogP contribution in [0.15, 0.2) is 18.2 Å². The van der Waals surface area contributed by atoms with Gasteiger partial charge in [0, 0.05) is 5.56 Å². The lowest BCUT2D eigenvalue weighted by atomic mass is 10.1. The number of hydrogen-bond acceptors (Lipinski definition) is 5. The monoisotopic (exact) mass is 330 g/mol. The Morgan fingerprint density at radius 3 is 2.62 bits per heavy atom. The maximum atomic E-state index is 11.9. The molecule has 2 aromatic rings. The first-order chi connectivity index (χ1) is 11.3. The van der Waals surface area contributed by atoms with Gasteiger partial charge < -0.3 is 21.3 Å². The van der Waals surface area contributed by atoms with Crippen LogP contribution in [0.3, 0.4) is 0 Å². The first-order valence-corrected chi connectivity index (χ1v) is 7.55. The van der Waals surface area contributed by atoms with E-state index in [0.29, 0.717) is 23.4 Å². The Bertz CT molecular complexity index is 822. The van der Waals surface area contributed by atoms with Crippen LogP contribution in [0.5, 0.6) is 5.75 Å². The molecule has 0 unspecified atom stereocenters. The van der Waals surface area contributed by atoms with E-state index in [1.807, 2.05) is 13.8 Å². The van der Waals surface area contributed by atoms with E-state index in [2.05, 4.69) is 5.10 Å². The van der Waals surface area contributed by atoms with Crippen molar-refractivity contribution in [3.05, 3.63) is 40.6 Å². The summed E-state index contributed by atoms with van der Waals surface area (Å²) in [5.74, 6) is -0.0486. The molecule has 7 nitrogen and oxygen atoms in total. The van der Waals surface area contributed by atoms with Gasteiger partial charge in [0.1, 0.15) is 28.6 Å². The highest BCUT2D eigenvalue weighted by Crippen LogP contribution is 2.32. The molecule has 7 heteroatoms. The molecule has 0 fully saturated rings. The van der Waals surface area contributed by atoms with Crippen molar-refractivity contribution in [1.29, 1.82) is 0 Å². The van der Waals surface area contributed by atoms with Crippen LogP contribution < -0.4 is 11.5 Å². The molecule has 128 valence electrons. The van der Waals surface area contributed by atoms with Gasteiger partial charge in [-0.3, -0.25) is 4.79 Å². The number of amides is 1. The van der Waals surface area contributed by atoms with Gasteiger partial charge in [-0.25, -0.2) is 4.68 Å². The highest BCUT2D eigenvalue weighted by molar-refractivity contribution is 6.01. The predicted octanol–water partition coefficient (Wildman–Crippen LogP) is 2.27. The second-order valence-electron chi connectivity index (χ2n) is 5.44. The molecule has 0 aliphatic heterocycles. The number of nitrogens with two attached hydrogens (primary N) is 2. The third-order valence-corrected chi connectivity index (χ3v) is 3.83. The zero-order valence-electron chi connectivity index (χ0n) is 14.3. The number of carbonyl (C=O) groups excluding carboxylic acids is 1. The largest absolute Gasteiger partial charge is 0.508 e. The summed E-state index contributed by atoms with van der Waals surface area (Å²) < 4.78 is 6.75. The number of aromatic nitrogens is 2. The first kappa shape index (κ1) is 17.4. The Balaban J connectivity index is 2.82. The van der Waals surface area contributed by atoms with Crippen molar-refractivity contribution in [3.63, 3.8) is 0 Å². The van der Waals surface area contributed by atoms with Gasteiger partial charge in [-0.1, -0.05) is 13.0 Å². The summed E-state index contributed by atoms with van der Waals surface area (Å²) in [6, 6.07) is 3.35. The smallest absolute Gasteiger partial charge is 0.254 e. The van der Waals surface area contributed by atoms with Crippen molar-refractivity contribution < 1.29 is 14.6 Å². The Hall–Kier alpha value is -2.96. The number of nitrogens with zero attached hydrogens (tertiary/aromatic N) is 2. The molecule has 0 radical (unpaired) electrons. The van der Waals surface area contributed by atoms with Crippen LogP contribution in [0, 0.1) is 13.8 Å². The summed E-state index contributed by atoms with van der Waals surface area (Å²) in [6.45, 7) is 5.56. The van der Waals surface area contributed by atoms with E-state index in [1.165, 1.54) is 11.8 Å². The number of benzene rings is 1. The number of phenols is 1. The van der Waals surface area contributed by atoms with Crippen LogP contribution >= 0.6 is 0 Å². The molecule has 0 saturated carbocycles. The van der Waals surface area contributed by atoms with Gasteiger partial charge in [0.25, 0.3) is 5.91 Å². The number of carbonyl (C=O) groups is 1. The summed E-state index contributed by atoms with van der Waals surface area (Å²) in [4.78, 5) is 11.9. The fourth-order valence-electron chi connectivity index (χ4n) is 2.63. The van der Waals surface area contributed by atoms with Gasteiger partial charge >= 0.3 is 0 Å². The molecule has 0 bridgehead atoms. The number of nitrogen functional groups attached to an aromatic ring is 1. The van der Waals surface area contributed by atoms with Gasteiger partial charge in [0.15, 0.2) is 0 Å². The van der Waals surface area contributed by atoms with Crippen LogP contribution in [-0.2, 0) is 4.74 Å². The van der Waals surface area contributed by atoms with E-state index in [-0.39, 0.29) is 22.8 Å². The standard InChI is InChI=1S/C17H22N4O3/c1-5-6-12(24-4)14-13(17(19)23)16(18)21(20-14)15-9(2)7-8-11(22)10(15)3/h6-8,22H,5,18H2,1-4H3,(H2,19,23)/b12-6-. The maximum Gasteiger partial charge on any atom is 0.254 e. The second-order valence-corrected chi connectivity index (χ2v) is 5.44. The summed E-state index contributed by atoms with van der Waals surface area (Å²) >= 11 is 0. The molecular weight excluding hydrogens is 308 g/mol. The molecule has 1 heterocycles. The fraction of sp³-hybridized carbons (Fsp3) is 0.294. The number of rotatable bonds is 5. The third kappa shape index (κ3) is 2.80. The minimum atomic E-state index is -0.691. The molecule has 0 aliphatic carbocycles. The van der Waals surface area contributed by atoms with Crippen LogP contribution in [0.4, 0.5) is 5.82 Å². The van der Waals surface area contributed by atoms with E-state index in [4.69, 9.17) is 16.2 Å². The van der Waals surface area contributed by atoms with Gasteiger partial charge in [-0.2, -0.15) is 5.10 Å². The Labute approximate surface area is 140 Å². The molecule has 1 aromatic heterocycles. The summed E-state index contributed by atoms with van der Waals surface area (Å²) in [7, 11) is 1.49. The molecule has 0 atom stereocenters. The average Bonchev–Trinajstić information content (AvgIpc) is 2.86. The topological polar surface area (TPSA) is 116 Å². The number of anilines is 1. The van der Waals surface area contributed by atoms with Gasteiger partial charge in [-0.05, 0) is 38.0 Å². The van der Waals surface area contributed by atoms with Crippen LogP contribution in [0.25, 0.3) is 11.4 Å². The van der Waals surface area contributed by atoms with E-state index in [0.717, 1.165) is 5.56 Å². The van der Waals surface area contributed by atoms with Crippen molar-refractivity contribution in [2.24, 2.45) is 5.73 Å². The summed E-state index contributed by atoms with van der Waals surface area (Å²) in [5, 5.41) is 14.4. The number of primary amides is 1. The second kappa shape index (κ2) is 6.66. The zero-order chi connectivity index (χ0) is 18.0. The minimum absolute atomic E-state index is 0.0960. The molecule has 0 spiro atoms. The van der Waals surface area contributed by atoms with Crippen LogP contribution in [0.1, 0.15) is 40.5 Å². The Morgan fingerprint density at radius 1 is 1.42 bits per heavy atom. The van der Waals surface area contributed by atoms with Gasteiger partial charge in [0.2, 0.25) is 0 Å². The highest BCUT2D eigenvalue weighted by Gasteiger charge is 2.25. The van der Waals surface area contributed by atoms with Gasteiger partial charge in [0.05, 0.1) is 12.8 Å². The summed E-state index contributed by atoms with van der Waals surface area (Å²) in [6.07, 6.45) is 2.49. The Kier molecular flexibility index (Phi) is 4.82. The lowest BCUT2D eigenvalue weighted by molar-refractivity contribution is 0.100. The maximum absolute atomic E-state index is 11.9. The van der Waals surface area contributed by atoms with Crippen LogP contribution in [0.2, 0.25) is 0 Å². The first-order valence-electron chi connectivity index (χ1n) is 7.55. The van der Waals surface area contributed by atoms with Crippen molar-refractivity contribution in [3.8, 4) is 11.4 Å². The Morgan fingerprint density at radius 2 is 2.08 bits per heavy atom. The van der Waals surface area contributed by atoms with Crippen molar-refractivity contribution in [2.45, 2.75) is 27.2 Å². The third-order valence-electron chi connectivity index (χ3n) is 3.83. The quantitative estimate of drug-likeness (QED) is 0.727. The van der Waals surface area contributed by atoms with E-state index >= 15 is 0 Å². The highest BCUT2D eigenvalue weighted by atomic mass is 16.5. The molecule has 0 aliphatic rings.